The lowest BCUT2D eigenvalue weighted by atomic mass is 10.2. The Morgan fingerprint density at radius 2 is 2.06 bits per heavy atom. The highest BCUT2D eigenvalue weighted by molar-refractivity contribution is 9.10. The molecular formula is C24H26BrN5O3S. The molecule has 1 heterocycles. The van der Waals surface area contributed by atoms with Gasteiger partial charge in [-0.2, -0.15) is 5.10 Å². The van der Waals surface area contributed by atoms with Gasteiger partial charge in [0, 0.05) is 22.1 Å². The number of carbonyl (C=O) groups is 1. The van der Waals surface area contributed by atoms with Crippen LogP contribution < -0.4 is 10.2 Å². The third-order valence-electron chi connectivity index (χ3n) is 4.64. The van der Waals surface area contributed by atoms with E-state index in [0.29, 0.717) is 29.6 Å². The highest BCUT2D eigenvalue weighted by Crippen LogP contribution is 2.29. The molecule has 3 aromatic rings. The summed E-state index contributed by atoms with van der Waals surface area (Å²) in [5.74, 6) is 0.876. The SMILES string of the molecule is C=C(C)CCn1c(SCC(=O)N/N=C/c2cccc(OCC)c2O)nnc1-c1ccc(Br)cc1. The molecular weight excluding hydrogens is 518 g/mol. The number of amides is 1. The maximum atomic E-state index is 12.3. The van der Waals surface area contributed by atoms with Crippen LogP contribution in [0.3, 0.4) is 0 Å². The summed E-state index contributed by atoms with van der Waals surface area (Å²) in [5, 5.41) is 23.4. The monoisotopic (exact) mass is 543 g/mol. The lowest BCUT2D eigenvalue weighted by Gasteiger charge is -2.10. The van der Waals surface area contributed by atoms with Crippen LogP contribution in [0.5, 0.6) is 11.5 Å². The molecule has 178 valence electrons. The summed E-state index contributed by atoms with van der Waals surface area (Å²) in [6, 6.07) is 12.9. The van der Waals surface area contributed by atoms with Gasteiger partial charge < -0.3 is 14.4 Å². The fourth-order valence-electron chi connectivity index (χ4n) is 2.96. The van der Waals surface area contributed by atoms with Gasteiger partial charge in [-0.05, 0) is 44.5 Å². The molecule has 1 amide bonds. The zero-order chi connectivity index (χ0) is 24.5. The van der Waals surface area contributed by atoms with Crippen molar-refractivity contribution < 1.29 is 14.6 Å². The minimum absolute atomic E-state index is 0.0252. The van der Waals surface area contributed by atoms with E-state index in [4.69, 9.17) is 4.74 Å². The highest BCUT2D eigenvalue weighted by atomic mass is 79.9. The van der Waals surface area contributed by atoms with Gasteiger partial charge in [0.25, 0.3) is 5.91 Å². The number of thioether (sulfide) groups is 1. The second kappa shape index (κ2) is 12.4. The molecule has 0 atom stereocenters. The van der Waals surface area contributed by atoms with Crippen LogP contribution in [0.15, 0.2) is 69.3 Å². The van der Waals surface area contributed by atoms with E-state index in [1.165, 1.54) is 18.0 Å². The molecule has 0 fully saturated rings. The van der Waals surface area contributed by atoms with Crippen LogP contribution in [0.1, 0.15) is 25.8 Å². The second-order valence-electron chi connectivity index (χ2n) is 7.38. The Morgan fingerprint density at radius 1 is 1.29 bits per heavy atom. The van der Waals surface area contributed by atoms with Crippen molar-refractivity contribution in [3.63, 3.8) is 0 Å². The number of para-hydroxylation sites is 1. The number of benzene rings is 2. The van der Waals surface area contributed by atoms with Crippen LogP contribution in [0.4, 0.5) is 0 Å². The first kappa shape index (κ1) is 25.5. The Balaban J connectivity index is 1.65. The number of nitrogens with zero attached hydrogens (tertiary/aromatic N) is 4. The molecule has 0 aliphatic carbocycles. The Morgan fingerprint density at radius 3 is 2.76 bits per heavy atom. The van der Waals surface area contributed by atoms with E-state index >= 15 is 0 Å². The fourth-order valence-corrected chi connectivity index (χ4v) is 3.99. The number of hydrogen-bond acceptors (Lipinski definition) is 7. The normalized spacial score (nSPS) is 11.0. The van der Waals surface area contributed by atoms with E-state index in [-0.39, 0.29) is 17.4 Å². The number of nitrogens with one attached hydrogen (secondary N) is 1. The smallest absolute Gasteiger partial charge is 0.250 e. The van der Waals surface area contributed by atoms with Crippen LogP contribution >= 0.6 is 27.7 Å². The number of rotatable bonds is 11. The van der Waals surface area contributed by atoms with E-state index in [9.17, 15) is 9.90 Å². The van der Waals surface area contributed by atoms with Crippen LogP contribution in [0, 0.1) is 0 Å². The van der Waals surface area contributed by atoms with Gasteiger partial charge >= 0.3 is 0 Å². The van der Waals surface area contributed by atoms with Gasteiger partial charge in [-0.3, -0.25) is 4.79 Å². The highest BCUT2D eigenvalue weighted by Gasteiger charge is 2.16. The standard InChI is InChI=1S/C24H26BrN5O3S/c1-4-33-20-7-5-6-18(22(20)32)14-26-27-21(31)15-34-24-29-28-23(30(24)13-12-16(2)3)17-8-10-19(25)11-9-17/h5-11,14,32H,2,4,12-13,15H2,1,3H3,(H,27,31)/b26-14+. The molecule has 0 saturated heterocycles. The molecule has 34 heavy (non-hydrogen) atoms. The average molecular weight is 544 g/mol. The van der Waals surface area contributed by atoms with Crippen molar-refractivity contribution in [2.45, 2.75) is 32.0 Å². The van der Waals surface area contributed by atoms with Crippen molar-refractivity contribution in [1.82, 2.24) is 20.2 Å². The first-order valence-corrected chi connectivity index (χ1v) is 12.4. The molecule has 2 N–H and O–H groups in total. The molecule has 0 bridgehead atoms. The number of hydrogen-bond donors (Lipinski definition) is 2. The second-order valence-corrected chi connectivity index (χ2v) is 9.24. The van der Waals surface area contributed by atoms with Gasteiger partial charge in [0.1, 0.15) is 0 Å². The van der Waals surface area contributed by atoms with Crippen LogP contribution in [0.2, 0.25) is 0 Å². The third-order valence-corrected chi connectivity index (χ3v) is 6.13. The van der Waals surface area contributed by atoms with Crippen molar-refractivity contribution in [3.05, 3.63) is 64.7 Å². The number of carbonyl (C=O) groups excluding carboxylic acids is 1. The van der Waals surface area contributed by atoms with Crippen LogP contribution in [-0.4, -0.2) is 44.4 Å². The van der Waals surface area contributed by atoms with Crippen molar-refractivity contribution in [1.29, 1.82) is 0 Å². The number of aromatic nitrogens is 3. The molecule has 0 unspecified atom stereocenters. The fraction of sp³-hybridized carbons (Fsp3) is 0.250. The van der Waals surface area contributed by atoms with E-state index in [0.717, 1.165) is 27.9 Å². The first-order chi connectivity index (χ1) is 16.4. The lowest BCUT2D eigenvalue weighted by molar-refractivity contribution is -0.118. The van der Waals surface area contributed by atoms with Crippen LogP contribution in [-0.2, 0) is 11.3 Å². The lowest BCUT2D eigenvalue weighted by Crippen LogP contribution is -2.20. The predicted molar refractivity (Wildman–Crippen MR) is 138 cm³/mol. The number of halogens is 1. The predicted octanol–water partition coefficient (Wildman–Crippen LogP) is 5.02. The molecule has 1 aromatic heterocycles. The molecule has 0 radical (unpaired) electrons. The zero-order valence-corrected chi connectivity index (χ0v) is 21.4. The third kappa shape index (κ3) is 6.94. The molecule has 2 aromatic carbocycles. The summed E-state index contributed by atoms with van der Waals surface area (Å²) in [6.45, 7) is 8.88. The first-order valence-electron chi connectivity index (χ1n) is 10.6. The Kier molecular flexibility index (Phi) is 9.29. The summed E-state index contributed by atoms with van der Waals surface area (Å²) < 4.78 is 8.33. The minimum Gasteiger partial charge on any atom is -0.504 e. The Labute approximate surface area is 211 Å². The minimum atomic E-state index is -0.304. The molecule has 3 rings (SSSR count). The Hall–Kier alpha value is -3.11. The molecule has 0 aliphatic rings. The summed E-state index contributed by atoms with van der Waals surface area (Å²) in [5.41, 5.74) is 4.91. The molecule has 0 spiro atoms. The number of allylic oxidation sites excluding steroid dienone is 1. The number of ether oxygens (including phenoxy) is 1. The summed E-state index contributed by atoms with van der Waals surface area (Å²) in [7, 11) is 0. The van der Waals surface area contributed by atoms with Crippen molar-refractivity contribution in [3.8, 4) is 22.9 Å². The zero-order valence-electron chi connectivity index (χ0n) is 19.0. The van der Waals surface area contributed by atoms with E-state index in [1.54, 1.807) is 18.2 Å². The van der Waals surface area contributed by atoms with Crippen molar-refractivity contribution in [2.24, 2.45) is 5.10 Å². The Bertz CT molecular complexity index is 1180. The van der Waals surface area contributed by atoms with Crippen LogP contribution in [0.25, 0.3) is 11.4 Å². The van der Waals surface area contributed by atoms with Gasteiger partial charge in [-0.15, -0.1) is 16.8 Å². The van der Waals surface area contributed by atoms with E-state index in [2.05, 4.69) is 43.2 Å². The maximum absolute atomic E-state index is 12.3. The van der Waals surface area contributed by atoms with Gasteiger partial charge in [-0.25, -0.2) is 5.43 Å². The molecule has 0 aliphatic heterocycles. The van der Waals surface area contributed by atoms with Gasteiger partial charge in [0.05, 0.1) is 18.6 Å². The van der Waals surface area contributed by atoms with Crippen molar-refractivity contribution in [2.75, 3.05) is 12.4 Å². The summed E-state index contributed by atoms with van der Waals surface area (Å²) in [4.78, 5) is 12.3. The number of aromatic hydroxyl groups is 1. The van der Waals surface area contributed by atoms with E-state index < -0.39 is 0 Å². The largest absolute Gasteiger partial charge is 0.504 e. The van der Waals surface area contributed by atoms with Gasteiger partial charge in [-0.1, -0.05) is 51.5 Å². The number of phenolic OH excluding ortho intramolecular Hbond substituents is 1. The average Bonchev–Trinajstić information content (AvgIpc) is 3.22. The van der Waals surface area contributed by atoms with Crippen molar-refractivity contribution >= 4 is 39.8 Å². The maximum Gasteiger partial charge on any atom is 0.250 e. The number of hydrazone groups is 1. The molecule has 0 saturated carbocycles. The number of phenols is 1. The quantitative estimate of drug-likeness (QED) is 0.152. The van der Waals surface area contributed by atoms with Gasteiger partial charge in [0.2, 0.25) is 0 Å². The molecule has 10 heteroatoms. The molecule has 8 nitrogen and oxygen atoms in total. The summed E-state index contributed by atoms with van der Waals surface area (Å²) >= 11 is 4.73. The van der Waals surface area contributed by atoms with E-state index in [1.807, 2.05) is 42.7 Å². The topological polar surface area (TPSA) is 102 Å². The van der Waals surface area contributed by atoms with Gasteiger partial charge in [0.15, 0.2) is 22.5 Å². The summed E-state index contributed by atoms with van der Waals surface area (Å²) in [6.07, 6.45) is 2.15.